The fraction of sp³-hybridized carbons (Fsp3) is 0.800. The van der Waals surface area contributed by atoms with E-state index in [1.54, 1.807) is 0 Å². The summed E-state index contributed by atoms with van der Waals surface area (Å²) in [6.45, 7) is 3.40. The van der Waals surface area contributed by atoms with Crippen molar-refractivity contribution < 1.29 is 29.5 Å². The van der Waals surface area contributed by atoms with Crippen LogP contribution < -0.4 is 16.0 Å². The molecule has 0 aliphatic rings. The van der Waals surface area contributed by atoms with Crippen molar-refractivity contribution in [1.82, 2.24) is 15.0 Å². The van der Waals surface area contributed by atoms with Crippen molar-refractivity contribution in [1.29, 1.82) is 0 Å². The maximum absolute atomic E-state index is 8.69. The number of aromatic nitrogens is 3. The summed E-state index contributed by atoms with van der Waals surface area (Å²) < 4.78 is 15.5. The SMILES string of the molecule is OCCOCCNc1nc(NCCOCCO)nc(NCCOCCO)n1. The highest BCUT2D eigenvalue weighted by atomic mass is 16.5. The third kappa shape index (κ3) is 12.2. The summed E-state index contributed by atoms with van der Waals surface area (Å²) in [7, 11) is 0. The maximum Gasteiger partial charge on any atom is 0.229 e. The molecule has 0 unspecified atom stereocenters. The molecule has 12 heteroatoms. The third-order valence-electron chi connectivity index (χ3n) is 2.93. The van der Waals surface area contributed by atoms with E-state index in [0.717, 1.165) is 0 Å². The van der Waals surface area contributed by atoms with Crippen LogP contribution in [0.3, 0.4) is 0 Å². The van der Waals surface area contributed by atoms with Gasteiger partial charge in [0, 0.05) is 19.6 Å². The molecule has 0 aliphatic carbocycles. The first-order valence-corrected chi connectivity index (χ1v) is 8.83. The molecule has 0 spiro atoms. The number of aliphatic hydroxyl groups is 3. The van der Waals surface area contributed by atoms with Gasteiger partial charge in [-0.2, -0.15) is 15.0 Å². The molecule has 0 aromatic carbocycles. The zero-order valence-electron chi connectivity index (χ0n) is 15.4. The Morgan fingerprint density at radius 1 is 0.519 bits per heavy atom. The highest BCUT2D eigenvalue weighted by Gasteiger charge is 2.06. The quantitative estimate of drug-likeness (QED) is 0.155. The van der Waals surface area contributed by atoms with E-state index in [4.69, 9.17) is 29.5 Å². The van der Waals surface area contributed by atoms with Crippen LogP contribution in [-0.4, -0.2) is 109 Å². The van der Waals surface area contributed by atoms with Crippen LogP contribution in [0, 0.1) is 0 Å². The van der Waals surface area contributed by atoms with Crippen molar-refractivity contribution in [2.45, 2.75) is 0 Å². The summed E-state index contributed by atoms with van der Waals surface area (Å²) in [5.74, 6) is 1.11. The van der Waals surface area contributed by atoms with Gasteiger partial charge < -0.3 is 45.5 Å². The Hall–Kier alpha value is -1.83. The summed E-state index contributed by atoms with van der Waals surface area (Å²) in [5.41, 5.74) is 0. The standard InChI is InChI=1S/C15H30N6O6/c22-4-10-25-7-1-16-13-19-14(17-2-8-26-11-5-23)21-15(20-13)18-3-9-27-12-6-24/h22-24H,1-12H2,(H3,16,17,18,19,20,21). The lowest BCUT2D eigenvalue weighted by Gasteiger charge is -2.11. The summed E-state index contributed by atoms with van der Waals surface area (Å²) in [6.07, 6.45) is 0. The van der Waals surface area contributed by atoms with Crippen LogP contribution in [0.1, 0.15) is 0 Å². The highest BCUT2D eigenvalue weighted by molar-refractivity contribution is 5.42. The molecule has 1 heterocycles. The number of nitrogens with zero attached hydrogens (tertiary/aromatic N) is 3. The highest BCUT2D eigenvalue weighted by Crippen LogP contribution is 2.09. The minimum absolute atomic E-state index is 0.0232. The number of nitrogens with one attached hydrogen (secondary N) is 3. The second kappa shape index (κ2) is 16.4. The molecule has 0 aliphatic heterocycles. The molecule has 0 radical (unpaired) electrons. The van der Waals surface area contributed by atoms with Crippen LogP contribution in [0.25, 0.3) is 0 Å². The molecule has 0 saturated heterocycles. The van der Waals surface area contributed by atoms with Gasteiger partial charge in [-0.1, -0.05) is 0 Å². The van der Waals surface area contributed by atoms with Crippen molar-refractivity contribution in [3.8, 4) is 0 Å². The minimum atomic E-state index is -0.0232. The van der Waals surface area contributed by atoms with E-state index in [-0.39, 0.29) is 39.6 Å². The van der Waals surface area contributed by atoms with Gasteiger partial charge in [0.2, 0.25) is 17.8 Å². The Kier molecular flexibility index (Phi) is 14.1. The van der Waals surface area contributed by atoms with Crippen LogP contribution >= 0.6 is 0 Å². The number of hydrogen-bond donors (Lipinski definition) is 6. The Morgan fingerprint density at radius 3 is 1.07 bits per heavy atom. The Morgan fingerprint density at radius 2 is 0.815 bits per heavy atom. The van der Waals surface area contributed by atoms with E-state index in [1.807, 2.05) is 0 Å². The predicted molar refractivity (Wildman–Crippen MR) is 99.0 cm³/mol. The van der Waals surface area contributed by atoms with Gasteiger partial charge in [-0.25, -0.2) is 0 Å². The molecule has 12 nitrogen and oxygen atoms in total. The lowest BCUT2D eigenvalue weighted by atomic mass is 10.6. The maximum atomic E-state index is 8.69. The molecule has 0 fully saturated rings. The van der Waals surface area contributed by atoms with Gasteiger partial charge in [0.1, 0.15) is 0 Å². The van der Waals surface area contributed by atoms with Crippen LogP contribution in [0.4, 0.5) is 17.8 Å². The number of rotatable bonds is 18. The van der Waals surface area contributed by atoms with Crippen molar-refractivity contribution in [2.75, 3.05) is 95.0 Å². The van der Waals surface area contributed by atoms with Crippen molar-refractivity contribution in [2.24, 2.45) is 0 Å². The molecule has 1 rings (SSSR count). The fourth-order valence-electron chi connectivity index (χ4n) is 1.82. The normalized spacial score (nSPS) is 10.8. The first kappa shape index (κ1) is 23.2. The molecule has 1 aromatic rings. The van der Waals surface area contributed by atoms with Gasteiger partial charge >= 0.3 is 0 Å². The first-order valence-electron chi connectivity index (χ1n) is 8.83. The summed E-state index contributed by atoms with van der Waals surface area (Å²) >= 11 is 0. The molecule has 0 atom stereocenters. The zero-order valence-corrected chi connectivity index (χ0v) is 15.4. The Bertz CT molecular complexity index is 405. The van der Waals surface area contributed by atoms with Gasteiger partial charge in [0.15, 0.2) is 0 Å². The largest absolute Gasteiger partial charge is 0.394 e. The zero-order chi connectivity index (χ0) is 19.6. The van der Waals surface area contributed by atoms with Crippen molar-refractivity contribution in [3.05, 3.63) is 0 Å². The molecule has 0 amide bonds. The Balaban J connectivity index is 2.52. The smallest absolute Gasteiger partial charge is 0.229 e. The average Bonchev–Trinajstić information content (AvgIpc) is 2.67. The van der Waals surface area contributed by atoms with Gasteiger partial charge in [-0.3, -0.25) is 0 Å². The third-order valence-corrected chi connectivity index (χ3v) is 2.93. The number of ether oxygens (including phenoxy) is 3. The van der Waals surface area contributed by atoms with Gasteiger partial charge in [-0.05, 0) is 0 Å². The van der Waals surface area contributed by atoms with E-state index in [1.165, 1.54) is 0 Å². The van der Waals surface area contributed by atoms with Crippen LogP contribution in [-0.2, 0) is 14.2 Å². The molecule has 0 saturated carbocycles. The van der Waals surface area contributed by atoms with E-state index >= 15 is 0 Å². The fourth-order valence-corrected chi connectivity index (χ4v) is 1.82. The summed E-state index contributed by atoms with van der Waals surface area (Å²) in [6, 6.07) is 0. The van der Waals surface area contributed by atoms with E-state index < -0.39 is 0 Å². The van der Waals surface area contributed by atoms with E-state index in [2.05, 4.69) is 30.9 Å². The van der Waals surface area contributed by atoms with Crippen LogP contribution in [0.2, 0.25) is 0 Å². The molecular formula is C15H30N6O6. The number of hydrogen-bond acceptors (Lipinski definition) is 12. The average molecular weight is 390 g/mol. The van der Waals surface area contributed by atoms with E-state index in [0.29, 0.717) is 57.3 Å². The van der Waals surface area contributed by atoms with Crippen molar-refractivity contribution >= 4 is 17.8 Å². The summed E-state index contributed by atoms with van der Waals surface area (Å²) in [5, 5.41) is 35.1. The van der Waals surface area contributed by atoms with Gasteiger partial charge in [-0.15, -0.1) is 0 Å². The molecule has 27 heavy (non-hydrogen) atoms. The lowest BCUT2D eigenvalue weighted by molar-refractivity contribution is 0.0989. The topological polar surface area (TPSA) is 163 Å². The van der Waals surface area contributed by atoms with Crippen LogP contribution in [0.5, 0.6) is 0 Å². The minimum Gasteiger partial charge on any atom is -0.394 e. The van der Waals surface area contributed by atoms with Crippen molar-refractivity contribution in [3.63, 3.8) is 0 Å². The first-order chi connectivity index (χ1) is 13.3. The van der Waals surface area contributed by atoms with Crippen LogP contribution in [0.15, 0.2) is 0 Å². The second-order valence-electron chi connectivity index (χ2n) is 5.09. The van der Waals surface area contributed by atoms with Gasteiger partial charge in [0.25, 0.3) is 0 Å². The van der Waals surface area contributed by atoms with E-state index in [9.17, 15) is 0 Å². The Labute approximate surface area is 158 Å². The second-order valence-corrected chi connectivity index (χ2v) is 5.09. The molecule has 156 valence electrons. The molecule has 1 aromatic heterocycles. The lowest BCUT2D eigenvalue weighted by Crippen LogP contribution is -2.19. The molecule has 6 N–H and O–H groups in total. The number of anilines is 3. The molecule has 0 bridgehead atoms. The predicted octanol–water partition coefficient (Wildman–Crippen LogP) is -1.87. The van der Waals surface area contributed by atoms with Gasteiger partial charge in [0.05, 0.1) is 59.5 Å². The number of aliphatic hydroxyl groups excluding tert-OH is 3. The molecular weight excluding hydrogens is 360 g/mol. The monoisotopic (exact) mass is 390 g/mol. The summed E-state index contributed by atoms with van der Waals surface area (Å²) in [4.78, 5) is 12.8.